The number of aromatic nitrogens is 1. The molecule has 0 bridgehead atoms. The Morgan fingerprint density at radius 3 is 2.65 bits per heavy atom. The van der Waals surface area contributed by atoms with Crippen LogP contribution < -0.4 is 0 Å². The molecule has 92 valence electrons. The van der Waals surface area contributed by atoms with Crippen LogP contribution >= 0.6 is 0 Å². The van der Waals surface area contributed by atoms with Crippen molar-refractivity contribution in [3.8, 4) is 0 Å². The largest absolute Gasteiger partial charge is 0.516 e. The first-order valence-electron chi connectivity index (χ1n) is 5.05. The molecule has 7 nitrogen and oxygen atoms in total. The Kier molecular flexibility index (Phi) is 4.38. The second-order valence-electron chi connectivity index (χ2n) is 3.75. The second-order valence-corrected chi connectivity index (χ2v) is 3.75. The highest BCUT2D eigenvalue weighted by molar-refractivity contribution is 5.35. The van der Waals surface area contributed by atoms with Gasteiger partial charge >= 0.3 is 6.34 Å². The lowest BCUT2D eigenvalue weighted by atomic mass is 10.3. The van der Waals surface area contributed by atoms with E-state index in [-0.39, 0.29) is 0 Å². The zero-order valence-corrected chi connectivity index (χ0v) is 10.1. The fourth-order valence-electron chi connectivity index (χ4n) is 1.41. The molecule has 7 heteroatoms. The summed E-state index contributed by atoms with van der Waals surface area (Å²) < 4.78 is 0. The van der Waals surface area contributed by atoms with Crippen LogP contribution in [-0.4, -0.2) is 52.2 Å². The molecule has 0 N–H and O–H groups in total. The Morgan fingerprint density at radius 1 is 1.47 bits per heavy atom. The third-order valence-corrected chi connectivity index (χ3v) is 2.09. The zero-order valence-electron chi connectivity index (χ0n) is 10.1. The minimum atomic E-state index is -0.486. The van der Waals surface area contributed by atoms with Crippen LogP contribution in [0.3, 0.4) is 0 Å². The molecule has 0 amide bonds. The molecule has 0 radical (unpaired) electrons. The SMILES string of the molecule is CN(C)/[N+](=C\[N+](=O)[O-])N(C)Cc1cccnc1. The number of hydrazone groups is 2. The fraction of sp³-hybridized carbons (Fsp3) is 0.400. The highest BCUT2D eigenvalue weighted by Gasteiger charge is 2.19. The number of hydrazine groups is 2. The Labute approximate surface area is 99.7 Å². The van der Waals surface area contributed by atoms with Crippen LogP contribution in [0.25, 0.3) is 0 Å². The van der Waals surface area contributed by atoms with Crippen LogP contribution in [0, 0.1) is 10.1 Å². The van der Waals surface area contributed by atoms with Gasteiger partial charge in [-0.3, -0.25) is 15.1 Å². The van der Waals surface area contributed by atoms with Gasteiger partial charge in [0.2, 0.25) is 0 Å². The maximum absolute atomic E-state index is 10.5. The Hall–Kier alpha value is -2.18. The highest BCUT2D eigenvalue weighted by atomic mass is 16.6. The van der Waals surface area contributed by atoms with E-state index in [0.29, 0.717) is 6.54 Å². The average Bonchev–Trinajstić information content (AvgIpc) is 2.26. The quantitative estimate of drug-likeness (QED) is 0.241. The van der Waals surface area contributed by atoms with Crippen molar-refractivity contribution in [2.75, 3.05) is 21.1 Å². The molecule has 0 aliphatic heterocycles. The lowest BCUT2D eigenvalue weighted by Crippen LogP contribution is -2.42. The summed E-state index contributed by atoms with van der Waals surface area (Å²) in [6.07, 6.45) is 4.34. The molecule has 0 fully saturated rings. The molecule has 0 saturated heterocycles. The summed E-state index contributed by atoms with van der Waals surface area (Å²) >= 11 is 0. The van der Waals surface area contributed by atoms with E-state index in [0.717, 1.165) is 11.9 Å². The van der Waals surface area contributed by atoms with E-state index in [4.69, 9.17) is 0 Å². The fourth-order valence-corrected chi connectivity index (χ4v) is 1.41. The summed E-state index contributed by atoms with van der Waals surface area (Å²) in [5.41, 5.74) is 0.985. The number of nitrogens with zero attached hydrogens (tertiary/aromatic N) is 5. The summed E-state index contributed by atoms with van der Waals surface area (Å²) in [7, 11) is 5.24. The van der Waals surface area contributed by atoms with Crippen LogP contribution in [0.15, 0.2) is 24.5 Å². The molecule has 0 spiro atoms. The van der Waals surface area contributed by atoms with Crippen LogP contribution in [0.2, 0.25) is 0 Å². The molecule has 17 heavy (non-hydrogen) atoms. The van der Waals surface area contributed by atoms with Crippen LogP contribution in [-0.2, 0) is 6.54 Å². The van der Waals surface area contributed by atoms with Crippen molar-refractivity contribution in [3.05, 3.63) is 40.2 Å². The Bertz CT molecular complexity index is 404. The van der Waals surface area contributed by atoms with Crippen LogP contribution in [0.5, 0.6) is 0 Å². The standard InChI is InChI=1S/C10H16N5O2/c1-12(2)14(9-15(16)17)13(3)8-10-5-4-6-11-7-10/h4-7,9H,8H2,1-3H3/q+1/b14-9+. The third-order valence-electron chi connectivity index (χ3n) is 2.09. The van der Waals surface area contributed by atoms with Gasteiger partial charge in [0.15, 0.2) is 0 Å². The van der Waals surface area contributed by atoms with Crippen molar-refractivity contribution in [1.82, 2.24) is 15.0 Å². The molecular weight excluding hydrogens is 222 g/mol. The third kappa shape index (κ3) is 4.06. The predicted octanol–water partition coefficient (Wildman–Crippen LogP) is 0.222. The molecule has 1 aromatic heterocycles. The van der Waals surface area contributed by atoms with Gasteiger partial charge in [-0.2, -0.15) is 10.0 Å². The number of hydrogen-bond donors (Lipinski definition) is 0. The lowest BCUT2D eigenvalue weighted by Gasteiger charge is -2.17. The van der Waals surface area contributed by atoms with Gasteiger partial charge < -0.3 is 0 Å². The molecule has 1 rings (SSSR count). The first kappa shape index (κ1) is 12.9. The van der Waals surface area contributed by atoms with Crippen molar-refractivity contribution < 1.29 is 9.72 Å². The molecule has 0 aliphatic carbocycles. The van der Waals surface area contributed by atoms with E-state index < -0.39 is 4.92 Å². The van der Waals surface area contributed by atoms with E-state index >= 15 is 0 Å². The lowest BCUT2D eigenvalue weighted by molar-refractivity contribution is -0.816. The maximum Gasteiger partial charge on any atom is 0.516 e. The van der Waals surface area contributed by atoms with E-state index in [1.807, 2.05) is 12.1 Å². The number of hydrogen-bond acceptors (Lipinski definition) is 5. The molecule has 0 unspecified atom stereocenters. The summed E-state index contributed by atoms with van der Waals surface area (Å²) in [6.45, 7) is 0.538. The van der Waals surface area contributed by atoms with E-state index in [2.05, 4.69) is 4.98 Å². The molecule has 1 heterocycles. The van der Waals surface area contributed by atoms with Gasteiger partial charge in [0.05, 0.1) is 25.9 Å². The van der Waals surface area contributed by atoms with E-state index in [9.17, 15) is 10.1 Å². The maximum atomic E-state index is 10.5. The molecule has 0 atom stereocenters. The molecular formula is C10H16N5O2+. The summed E-state index contributed by atoms with van der Waals surface area (Å²) in [5, 5.41) is 13.9. The summed E-state index contributed by atoms with van der Waals surface area (Å²) in [5.74, 6) is 0. The van der Waals surface area contributed by atoms with Gasteiger partial charge in [-0.25, -0.2) is 0 Å². The first-order chi connectivity index (χ1) is 8.00. The normalized spacial score (nSPS) is 11.1. The monoisotopic (exact) mass is 238 g/mol. The second kappa shape index (κ2) is 5.78. The van der Waals surface area contributed by atoms with E-state index in [1.165, 1.54) is 4.79 Å². The van der Waals surface area contributed by atoms with Gasteiger partial charge in [0, 0.05) is 12.4 Å². The van der Waals surface area contributed by atoms with Crippen molar-refractivity contribution in [3.63, 3.8) is 0 Å². The van der Waals surface area contributed by atoms with Gasteiger partial charge in [-0.05, 0) is 11.6 Å². The molecule has 0 saturated carbocycles. The van der Waals surface area contributed by atoms with Crippen LogP contribution in [0.1, 0.15) is 5.56 Å². The van der Waals surface area contributed by atoms with Crippen LogP contribution in [0.4, 0.5) is 0 Å². The smallest absolute Gasteiger partial charge is 0.264 e. The number of nitro groups is 1. The van der Waals surface area contributed by atoms with Crippen molar-refractivity contribution in [1.29, 1.82) is 0 Å². The number of rotatable bonds is 5. The minimum Gasteiger partial charge on any atom is -0.264 e. The van der Waals surface area contributed by atoms with Gasteiger partial charge in [-0.15, -0.1) is 0 Å². The van der Waals surface area contributed by atoms with Gasteiger partial charge in [0.25, 0.3) is 0 Å². The van der Waals surface area contributed by atoms with Crippen molar-refractivity contribution in [2.24, 2.45) is 0 Å². The topological polar surface area (TPSA) is 65.5 Å². The minimum absolute atomic E-state index is 0.486. The molecule has 1 aromatic rings. The van der Waals surface area contributed by atoms with Gasteiger partial charge in [-0.1, -0.05) is 6.07 Å². The highest BCUT2D eigenvalue weighted by Crippen LogP contribution is 2.01. The predicted molar refractivity (Wildman–Crippen MR) is 62.7 cm³/mol. The summed E-state index contributed by atoms with van der Waals surface area (Å²) in [4.78, 5) is 15.5. The Morgan fingerprint density at radius 2 is 2.18 bits per heavy atom. The molecule has 0 aromatic carbocycles. The van der Waals surface area contributed by atoms with E-state index in [1.54, 1.807) is 43.6 Å². The average molecular weight is 238 g/mol. The first-order valence-corrected chi connectivity index (χ1v) is 5.05. The van der Waals surface area contributed by atoms with Gasteiger partial charge in [0.1, 0.15) is 11.5 Å². The number of pyridine rings is 1. The van der Waals surface area contributed by atoms with Crippen molar-refractivity contribution in [2.45, 2.75) is 6.54 Å². The molecule has 0 aliphatic rings. The summed E-state index contributed by atoms with van der Waals surface area (Å²) in [6, 6.07) is 3.75. The Balaban J connectivity index is 2.80. The zero-order chi connectivity index (χ0) is 12.8. The van der Waals surface area contributed by atoms with Crippen molar-refractivity contribution >= 4 is 6.34 Å².